The van der Waals surface area contributed by atoms with Crippen molar-refractivity contribution < 1.29 is 18.7 Å². The molecule has 3 aromatic carbocycles. The highest BCUT2D eigenvalue weighted by molar-refractivity contribution is 5.93. The minimum atomic E-state index is -0.208. The molecule has 0 radical (unpaired) electrons. The summed E-state index contributed by atoms with van der Waals surface area (Å²) < 4.78 is 24.6. The van der Waals surface area contributed by atoms with Crippen LogP contribution < -0.4 is 14.8 Å². The second-order valence-corrected chi connectivity index (χ2v) is 8.90. The number of ether oxygens (including phenoxy) is 2. The maximum absolute atomic E-state index is 13.9. The van der Waals surface area contributed by atoms with Crippen LogP contribution in [0.1, 0.15) is 29.0 Å². The van der Waals surface area contributed by atoms with Crippen LogP contribution in [-0.4, -0.2) is 38.1 Å². The highest BCUT2D eigenvalue weighted by Gasteiger charge is 2.32. The second kappa shape index (κ2) is 10.7. The number of piperidine rings is 1. The number of amides is 1. The Labute approximate surface area is 200 Å². The Morgan fingerprint density at radius 1 is 1.00 bits per heavy atom. The molecule has 34 heavy (non-hydrogen) atoms. The first-order chi connectivity index (χ1) is 16.4. The fourth-order valence-corrected chi connectivity index (χ4v) is 4.65. The Morgan fingerprint density at radius 3 is 2.47 bits per heavy atom. The fraction of sp³-hybridized carbons (Fsp3) is 0.321. The molecule has 1 heterocycles. The number of carbonyl (C=O) groups is 1. The lowest BCUT2D eigenvalue weighted by Crippen LogP contribution is -2.43. The predicted octanol–water partition coefficient (Wildman–Crippen LogP) is 5.40. The zero-order valence-corrected chi connectivity index (χ0v) is 19.9. The van der Waals surface area contributed by atoms with E-state index in [1.807, 2.05) is 54.6 Å². The molecule has 2 atom stereocenters. The molecule has 1 N–H and O–H groups in total. The number of benzene rings is 3. The molecular weight excluding hydrogens is 431 g/mol. The molecule has 1 amide bonds. The van der Waals surface area contributed by atoms with Crippen LogP contribution in [0, 0.1) is 18.7 Å². The van der Waals surface area contributed by atoms with E-state index in [-0.39, 0.29) is 23.6 Å². The second-order valence-electron chi connectivity index (χ2n) is 8.90. The molecule has 1 aliphatic rings. The molecule has 0 bridgehead atoms. The molecule has 0 spiro atoms. The van der Waals surface area contributed by atoms with Gasteiger partial charge in [-0.25, -0.2) is 4.39 Å². The number of aryl methyl sites for hydroxylation is 1. The topological polar surface area (TPSA) is 50.8 Å². The summed E-state index contributed by atoms with van der Waals surface area (Å²) >= 11 is 0. The summed E-state index contributed by atoms with van der Waals surface area (Å²) in [7, 11) is 3.26. The van der Waals surface area contributed by atoms with Gasteiger partial charge in [-0.1, -0.05) is 30.3 Å². The van der Waals surface area contributed by atoms with Gasteiger partial charge < -0.3 is 14.8 Å². The van der Waals surface area contributed by atoms with Crippen molar-refractivity contribution in [2.75, 3.05) is 32.6 Å². The lowest BCUT2D eigenvalue weighted by atomic mass is 9.83. The lowest BCUT2D eigenvalue weighted by molar-refractivity contribution is -0.121. The highest BCUT2D eigenvalue weighted by Crippen LogP contribution is 2.33. The molecule has 0 aliphatic carbocycles. The van der Waals surface area contributed by atoms with E-state index in [1.165, 1.54) is 6.07 Å². The van der Waals surface area contributed by atoms with Crippen molar-refractivity contribution in [3.8, 4) is 11.5 Å². The van der Waals surface area contributed by atoms with E-state index in [0.29, 0.717) is 36.5 Å². The van der Waals surface area contributed by atoms with Crippen LogP contribution in [0.25, 0.3) is 0 Å². The summed E-state index contributed by atoms with van der Waals surface area (Å²) in [5, 5.41) is 3.06. The minimum Gasteiger partial charge on any atom is -0.497 e. The van der Waals surface area contributed by atoms with Crippen LogP contribution in [-0.2, 0) is 11.3 Å². The number of anilines is 1. The number of hydrogen-bond acceptors (Lipinski definition) is 4. The Hall–Kier alpha value is -3.38. The summed E-state index contributed by atoms with van der Waals surface area (Å²) in [6.07, 6.45) is 0.704. The van der Waals surface area contributed by atoms with Crippen molar-refractivity contribution in [3.63, 3.8) is 0 Å². The molecule has 4 rings (SSSR count). The molecule has 0 saturated carbocycles. The van der Waals surface area contributed by atoms with Crippen molar-refractivity contribution in [1.29, 1.82) is 0 Å². The average Bonchev–Trinajstić information content (AvgIpc) is 2.85. The largest absolute Gasteiger partial charge is 0.497 e. The van der Waals surface area contributed by atoms with E-state index < -0.39 is 0 Å². The Bertz CT molecular complexity index is 1150. The quantitative estimate of drug-likeness (QED) is 0.511. The minimum absolute atomic E-state index is 0.0209. The predicted molar refractivity (Wildman–Crippen MR) is 132 cm³/mol. The highest BCUT2D eigenvalue weighted by atomic mass is 19.1. The smallest absolute Gasteiger partial charge is 0.228 e. The van der Waals surface area contributed by atoms with Gasteiger partial charge in [0.15, 0.2) is 0 Å². The molecule has 6 heteroatoms. The Kier molecular flexibility index (Phi) is 7.48. The first-order valence-electron chi connectivity index (χ1n) is 11.5. The Morgan fingerprint density at radius 2 is 1.74 bits per heavy atom. The van der Waals surface area contributed by atoms with E-state index in [4.69, 9.17) is 9.47 Å². The summed E-state index contributed by atoms with van der Waals surface area (Å²) in [5.41, 5.74) is 3.53. The van der Waals surface area contributed by atoms with Gasteiger partial charge in [-0.2, -0.15) is 0 Å². The molecule has 0 aromatic heterocycles. The molecule has 178 valence electrons. The third-order valence-corrected chi connectivity index (χ3v) is 6.43. The van der Waals surface area contributed by atoms with Gasteiger partial charge >= 0.3 is 0 Å². The van der Waals surface area contributed by atoms with Crippen LogP contribution >= 0.6 is 0 Å². The first kappa shape index (κ1) is 23.8. The number of rotatable bonds is 7. The Balaban J connectivity index is 1.56. The van der Waals surface area contributed by atoms with Crippen molar-refractivity contribution in [1.82, 2.24) is 4.90 Å². The van der Waals surface area contributed by atoms with E-state index in [9.17, 15) is 9.18 Å². The average molecular weight is 463 g/mol. The van der Waals surface area contributed by atoms with Gasteiger partial charge in [-0.05, 0) is 66.3 Å². The number of hydrogen-bond donors (Lipinski definition) is 1. The number of nitrogens with zero attached hydrogens (tertiary/aromatic N) is 1. The third kappa shape index (κ3) is 5.75. The number of carbonyl (C=O) groups excluding carboxylic acids is 1. The maximum atomic E-state index is 13.9. The summed E-state index contributed by atoms with van der Waals surface area (Å²) in [5.74, 6) is 1.20. The molecule has 2 unspecified atom stereocenters. The zero-order valence-electron chi connectivity index (χ0n) is 19.9. The van der Waals surface area contributed by atoms with Gasteiger partial charge in [0, 0.05) is 31.4 Å². The van der Waals surface area contributed by atoms with Gasteiger partial charge in [-0.15, -0.1) is 0 Å². The molecule has 5 nitrogen and oxygen atoms in total. The van der Waals surface area contributed by atoms with Gasteiger partial charge in [0.05, 0.1) is 20.1 Å². The van der Waals surface area contributed by atoms with Crippen LogP contribution in [0.15, 0.2) is 66.7 Å². The summed E-state index contributed by atoms with van der Waals surface area (Å²) in [6, 6.07) is 20.7. The maximum Gasteiger partial charge on any atom is 0.228 e. The summed E-state index contributed by atoms with van der Waals surface area (Å²) in [4.78, 5) is 15.6. The van der Waals surface area contributed by atoms with Crippen LogP contribution in [0.3, 0.4) is 0 Å². The normalized spacial score (nSPS) is 18.4. The van der Waals surface area contributed by atoms with Crippen LogP contribution in [0.4, 0.5) is 10.1 Å². The van der Waals surface area contributed by atoms with Crippen molar-refractivity contribution in [3.05, 3.63) is 89.2 Å². The number of halogens is 1. The van der Waals surface area contributed by atoms with Crippen molar-refractivity contribution >= 4 is 11.6 Å². The van der Waals surface area contributed by atoms with E-state index in [2.05, 4.69) is 16.3 Å². The zero-order chi connectivity index (χ0) is 24.1. The number of methoxy groups -OCH3 is 2. The molecule has 1 saturated heterocycles. The van der Waals surface area contributed by atoms with Gasteiger partial charge in [0.25, 0.3) is 0 Å². The van der Waals surface area contributed by atoms with Gasteiger partial charge in [-0.3, -0.25) is 9.69 Å². The van der Waals surface area contributed by atoms with Crippen LogP contribution in [0.5, 0.6) is 11.5 Å². The van der Waals surface area contributed by atoms with Crippen LogP contribution in [0.2, 0.25) is 0 Å². The third-order valence-electron chi connectivity index (χ3n) is 6.43. The molecule has 1 fully saturated rings. The standard InChI is InChI=1S/C28H31FN2O3/c1-19-12-21(10-11-27(19)29)22-14-23(28(32)30-24-7-5-9-26(15-24)34-3)18-31(17-22)16-20-6-4-8-25(13-20)33-2/h4-13,15,22-23H,14,16-18H2,1-3H3,(H,30,32). The number of nitrogens with one attached hydrogen (secondary N) is 1. The van der Waals surface area contributed by atoms with Crippen molar-refractivity contribution in [2.24, 2.45) is 5.92 Å². The van der Waals surface area contributed by atoms with Gasteiger partial charge in [0.2, 0.25) is 5.91 Å². The summed E-state index contributed by atoms with van der Waals surface area (Å²) in [6.45, 7) is 3.92. The monoisotopic (exact) mass is 462 g/mol. The van der Waals surface area contributed by atoms with Gasteiger partial charge in [0.1, 0.15) is 17.3 Å². The first-order valence-corrected chi connectivity index (χ1v) is 11.5. The molecule has 1 aliphatic heterocycles. The SMILES string of the molecule is COc1cccc(CN2CC(C(=O)Nc3cccc(OC)c3)CC(c3ccc(F)c(C)c3)C2)c1. The number of likely N-dealkylation sites (tertiary alicyclic amines) is 1. The van der Waals surface area contributed by atoms with E-state index in [1.54, 1.807) is 21.1 Å². The lowest BCUT2D eigenvalue weighted by Gasteiger charge is -2.37. The van der Waals surface area contributed by atoms with E-state index in [0.717, 1.165) is 23.4 Å². The fourth-order valence-electron chi connectivity index (χ4n) is 4.65. The van der Waals surface area contributed by atoms with E-state index >= 15 is 0 Å². The van der Waals surface area contributed by atoms with Crippen molar-refractivity contribution in [2.45, 2.75) is 25.8 Å². The molecule has 3 aromatic rings. The molecular formula is C28H31FN2O3.